The minimum atomic E-state index is -1.82. The summed E-state index contributed by atoms with van der Waals surface area (Å²) in [4.78, 5) is 27.9. The Kier molecular flexibility index (Phi) is 9.07. The van der Waals surface area contributed by atoms with Crippen LogP contribution in [-0.4, -0.2) is 39.8 Å². The van der Waals surface area contributed by atoms with E-state index in [-0.39, 0.29) is 6.42 Å². The Hall–Kier alpha value is -1.63. The van der Waals surface area contributed by atoms with Gasteiger partial charge in [0.25, 0.3) is 0 Å². The summed E-state index contributed by atoms with van der Waals surface area (Å²) in [5.41, 5.74) is 5.01. The Bertz CT molecular complexity index is 178. The third-order valence-corrected chi connectivity index (χ3v) is 0.778. The molecule has 0 bridgehead atoms. The fourth-order valence-electron chi connectivity index (χ4n) is 0.253. The first-order valence-corrected chi connectivity index (χ1v) is 3.29. The van der Waals surface area contributed by atoms with Crippen LogP contribution in [0.5, 0.6) is 0 Å². The fourth-order valence-corrected chi connectivity index (χ4v) is 0.253. The number of rotatable bonds is 3. The van der Waals surface area contributed by atoms with E-state index in [1.165, 1.54) is 0 Å². The smallest absolute Gasteiger partial charge is 0.414 e. The molecular formula is C6H11NO6. The molecule has 0 rings (SSSR count). The number of carbonyl (C=O) groups is 3. The van der Waals surface area contributed by atoms with Gasteiger partial charge in [-0.1, -0.05) is 0 Å². The molecule has 0 radical (unpaired) electrons. The van der Waals surface area contributed by atoms with Crippen LogP contribution in [0, 0.1) is 0 Å². The molecule has 0 saturated carbocycles. The number of aliphatic carboxylic acids is 3. The molecule has 0 saturated heterocycles. The lowest BCUT2D eigenvalue weighted by atomic mass is 10.3. The highest BCUT2D eigenvalue weighted by atomic mass is 16.4. The van der Waals surface area contributed by atoms with Crippen molar-refractivity contribution in [2.45, 2.75) is 12.8 Å². The molecule has 0 aromatic heterocycles. The first-order chi connectivity index (χ1) is 5.91. The zero-order chi connectivity index (χ0) is 10.9. The van der Waals surface area contributed by atoms with Gasteiger partial charge in [-0.3, -0.25) is 4.79 Å². The van der Waals surface area contributed by atoms with Crippen LogP contribution in [-0.2, 0) is 14.4 Å². The predicted octanol–water partition coefficient (Wildman–Crippen LogP) is -1.03. The standard InChI is InChI=1S/C4H9NO2.C2H2O4/c5-3-1-2-4(6)7;3-1(4)2(5)6/h1-3,5H2,(H,6,7);(H,3,4)(H,5,6). The molecule has 0 aromatic rings. The number of hydrogen-bond acceptors (Lipinski definition) is 4. The van der Waals surface area contributed by atoms with E-state index >= 15 is 0 Å². The average Bonchev–Trinajstić information content (AvgIpc) is 2.01. The highest BCUT2D eigenvalue weighted by Gasteiger charge is 2.04. The van der Waals surface area contributed by atoms with Gasteiger partial charge in [0.05, 0.1) is 0 Å². The van der Waals surface area contributed by atoms with Crippen LogP contribution >= 0.6 is 0 Å². The first kappa shape index (κ1) is 13.9. The summed E-state index contributed by atoms with van der Waals surface area (Å²) in [6, 6.07) is 0. The quantitative estimate of drug-likeness (QED) is 0.420. The van der Waals surface area contributed by atoms with Crippen LogP contribution in [0.4, 0.5) is 0 Å². The molecule has 5 N–H and O–H groups in total. The molecule has 0 aliphatic rings. The van der Waals surface area contributed by atoms with Crippen molar-refractivity contribution in [2.24, 2.45) is 5.73 Å². The molecule has 0 aliphatic carbocycles. The molecular weight excluding hydrogens is 182 g/mol. The maximum Gasteiger partial charge on any atom is 0.414 e. The normalized spacial score (nSPS) is 8.08. The highest BCUT2D eigenvalue weighted by Crippen LogP contribution is 1.82. The Balaban J connectivity index is 0. The minimum Gasteiger partial charge on any atom is -0.481 e. The van der Waals surface area contributed by atoms with Gasteiger partial charge in [-0.2, -0.15) is 0 Å². The molecule has 7 nitrogen and oxygen atoms in total. The maximum atomic E-state index is 9.70. The summed E-state index contributed by atoms with van der Waals surface area (Å²) in [5.74, 6) is -4.42. The maximum absolute atomic E-state index is 9.70. The predicted molar refractivity (Wildman–Crippen MR) is 41.2 cm³/mol. The lowest BCUT2D eigenvalue weighted by Crippen LogP contribution is -2.09. The number of nitrogens with two attached hydrogens (primary N) is 1. The van der Waals surface area contributed by atoms with Crippen molar-refractivity contribution in [3.8, 4) is 0 Å². The van der Waals surface area contributed by atoms with E-state index in [1.807, 2.05) is 0 Å². The van der Waals surface area contributed by atoms with Gasteiger partial charge in [-0.05, 0) is 13.0 Å². The number of carboxylic acids is 3. The third-order valence-electron chi connectivity index (χ3n) is 0.778. The highest BCUT2D eigenvalue weighted by molar-refractivity contribution is 6.27. The summed E-state index contributed by atoms with van der Waals surface area (Å²) >= 11 is 0. The van der Waals surface area contributed by atoms with E-state index in [9.17, 15) is 4.79 Å². The van der Waals surface area contributed by atoms with Gasteiger partial charge in [0.15, 0.2) is 0 Å². The van der Waals surface area contributed by atoms with Gasteiger partial charge < -0.3 is 21.1 Å². The summed E-state index contributed by atoms with van der Waals surface area (Å²) in [6.07, 6.45) is 0.770. The molecule has 7 heteroatoms. The topological polar surface area (TPSA) is 138 Å². The largest absolute Gasteiger partial charge is 0.481 e. The lowest BCUT2D eigenvalue weighted by molar-refractivity contribution is -0.159. The summed E-state index contributed by atoms with van der Waals surface area (Å²) in [6.45, 7) is 0.465. The minimum absolute atomic E-state index is 0.191. The van der Waals surface area contributed by atoms with Gasteiger partial charge in [-0.15, -0.1) is 0 Å². The molecule has 0 aromatic carbocycles. The van der Waals surface area contributed by atoms with E-state index in [4.69, 9.17) is 30.6 Å². The van der Waals surface area contributed by atoms with Crippen molar-refractivity contribution in [1.82, 2.24) is 0 Å². The Morgan fingerprint density at radius 1 is 1.00 bits per heavy atom. The van der Waals surface area contributed by atoms with Crippen molar-refractivity contribution in [3.63, 3.8) is 0 Å². The summed E-state index contributed by atoms with van der Waals surface area (Å²) in [5, 5.41) is 22.8. The molecule has 0 heterocycles. The van der Waals surface area contributed by atoms with Gasteiger partial charge >= 0.3 is 17.9 Å². The van der Waals surface area contributed by atoms with Gasteiger partial charge in [0.2, 0.25) is 0 Å². The molecule has 0 atom stereocenters. The van der Waals surface area contributed by atoms with Crippen molar-refractivity contribution in [3.05, 3.63) is 0 Å². The molecule has 0 aliphatic heterocycles. The second-order valence-corrected chi connectivity index (χ2v) is 1.90. The van der Waals surface area contributed by atoms with Crippen molar-refractivity contribution >= 4 is 17.9 Å². The van der Waals surface area contributed by atoms with Gasteiger partial charge in [0, 0.05) is 6.42 Å². The summed E-state index contributed by atoms with van der Waals surface area (Å²) < 4.78 is 0. The monoisotopic (exact) mass is 193 g/mol. The van der Waals surface area contributed by atoms with E-state index < -0.39 is 17.9 Å². The van der Waals surface area contributed by atoms with Crippen LogP contribution < -0.4 is 5.73 Å². The lowest BCUT2D eigenvalue weighted by Gasteiger charge is -1.86. The zero-order valence-corrected chi connectivity index (χ0v) is 6.77. The van der Waals surface area contributed by atoms with Crippen molar-refractivity contribution in [1.29, 1.82) is 0 Å². The number of carboxylic acid groups (broad SMARTS) is 3. The van der Waals surface area contributed by atoms with Crippen LogP contribution in [0.3, 0.4) is 0 Å². The van der Waals surface area contributed by atoms with E-state index in [0.717, 1.165) is 0 Å². The SMILES string of the molecule is NCCCC(=O)O.O=C(O)C(=O)O. The van der Waals surface area contributed by atoms with Crippen LogP contribution in [0.15, 0.2) is 0 Å². The molecule has 76 valence electrons. The Morgan fingerprint density at radius 3 is 1.46 bits per heavy atom. The molecule has 0 unspecified atom stereocenters. The molecule has 0 spiro atoms. The van der Waals surface area contributed by atoms with Gasteiger partial charge in [0.1, 0.15) is 0 Å². The van der Waals surface area contributed by atoms with Crippen molar-refractivity contribution < 1.29 is 29.7 Å². The van der Waals surface area contributed by atoms with E-state index in [2.05, 4.69) is 0 Å². The third kappa shape index (κ3) is 17.9. The van der Waals surface area contributed by atoms with E-state index in [1.54, 1.807) is 0 Å². The van der Waals surface area contributed by atoms with Gasteiger partial charge in [-0.25, -0.2) is 9.59 Å². The zero-order valence-electron chi connectivity index (χ0n) is 6.77. The molecule has 0 amide bonds. The second kappa shape index (κ2) is 8.47. The molecule has 0 fully saturated rings. The van der Waals surface area contributed by atoms with E-state index in [0.29, 0.717) is 13.0 Å². The van der Waals surface area contributed by atoms with Crippen LogP contribution in [0.25, 0.3) is 0 Å². The second-order valence-electron chi connectivity index (χ2n) is 1.90. The molecule has 13 heavy (non-hydrogen) atoms. The van der Waals surface area contributed by atoms with Crippen molar-refractivity contribution in [2.75, 3.05) is 6.54 Å². The first-order valence-electron chi connectivity index (χ1n) is 3.29. The Labute approximate surface area is 73.8 Å². The number of hydrogen-bond donors (Lipinski definition) is 4. The summed E-state index contributed by atoms with van der Waals surface area (Å²) in [7, 11) is 0. The van der Waals surface area contributed by atoms with Crippen LogP contribution in [0.2, 0.25) is 0 Å². The van der Waals surface area contributed by atoms with Crippen LogP contribution in [0.1, 0.15) is 12.8 Å². The fraction of sp³-hybridized carbons (Fsp3) is 0.500. The average molecular weight is 193 g/mol. The Morgan fingerprint density at radius 2 is 1.38 bits per heavy atom.